The molecule has 3 atom stereocenters. The zero-order chi connectivity index (χ0) is 44.8. The number of benzene rings is 3. The van der Waals surface area contributed by atoms with E-state index in [1.807, 2.05) is 66.0 Å². The molecule has 0 saturated carbocycles. The standard InChI is InChI=1S/C40H53N7O5S2.C7H6O2/c1-29(2)38-43-34(27-53-38)25-46(3)39(49)45-36(16-17-47-18-20-51-21-19-47)37(48)42-32(22-30-10-6-4-7-11-30)14-15-33(23-31-12-8-5-9-13-31)44-40(50)52-26-35-24-41-28-54-35;8-7(9)6-4-2-1-3-5-6/h4-13,24,27-29,32-33,36H,14-23,25-26H2,1-3H3,(H,42,48)(H,44,50)(H,45,49);1-5H,(H,8,9). The highest BCUT2D eigenvalue weighted by Crippen LogP contribution is 2.20. The summed E-state index contributed by atoms with van der Waals surface area (Å²) in [5.41, 5.74) is 5.03. The molecule has 6 rings (SSSR count). The highest BCUT2D eigenvalue weighted by atomic mass is 32.1. The van der Waals surface area contributed by atoms with Crippen molar-refractivity contribution >= 4 is 46.7 Å². The van der Waals surface area contributed by atoms with Gasteiger partial charge in [0.15, 0.2) is 0 Å². The van der Waals surface area contributed by atoms with Crippen LogP contribution in [0.15, 0.2) is 108 Å². The molecule has 3 heterocycles. The Hall–Kier alpha value is -5.68. The number of amides is 4. The molecular weight excluding hydrogens is 839 g/mol. The molecule has 0 radical (unpaired) electrons. The number of carbonyl (C=O) groups excluding carboxylic acids is 3. The molecule has 336 valence electrons. The number of nitrogens with zero attached hydrogens (tertiary/aromatic N) is 4. The number of nitrogens with one attached hydrogen (secondary N) is 3. The lowest BCUT2D eigenvalue weighted by Crippen LogP contribution is -2.54. The molecule has 1 aliphatic rings. The predicted molar refractivity (Wildman–Crippen MR) is 246 cm³/mol. The Morgan fingerprint density at radius 3 is 1.97 bits per heavy atom. The van der Waals surface area contributed by atoms with E-state index >= 15 is 0 Å². The van der Waals surface area contributed by atoms with Crippen molar-refractivity contribution in [3.8, 4) is 0 Å². The van der Waals surface area contributed by atoms with Gasteiger partial charge in [-0.3, -0.25) is 14.7 Å². The molecule has 14 nitrogen and oxygen atoms in total. The number of rotatable bonds is 20. The van der Waals surface area contributed by atoms with Crippen LogP contribution in [0.25, 0.3) is 0 Å². The number of morpholine rings is 1. The van der Waals surface area contributed by atoms with Crippen molar-refractivity contribution in [2.24, 2.45) is 0 Å². The Morgan fingerprint density at radius 1 is 0.825 bits per heavy atom. The number of carbonyl (C=O) groups is 4. The number of carboxylic acid groups (broad SMARTS) is 1. The second kappa shape index (κ2) is 26.1. The van der Waals surface area contributed by atoms with Crippen LogP contribution in [0.5, 0.6) is 0 Å². The minimum atomic E-state index is -0.879. The van der Waals surface area contributed by atoms with Crippen molar-refractivity contribution in [1.82, 2.24) is 35.7 Å². The first-order chi connectivity index (χ1) is 30.5. The lowest BCUT2D eigenvalue weighted by atomic mass is 9.95. The Kier molecular flexibility index (Phi) is 20.0. The van der Waals surface area contributed by atoms with E-state index in [2.05, 4.69) is 44.7 Å². The van der Waals surface area contributed by atoms with Gasteiger partial charge in [0.25, 0.3) is 0 Å². The van der Waals surface area contributed by atoms with Gasteiger partial charge in [-0.1, -0.05) is 92.7 Å². The van der Waals surface area contributed by atoms with Crippen LogP contribution < -0.4 is 16.0 Å². The normalized spacial score (nSPS) is 14.0. The summed E-state index contributed by atoms with van der Waals surface area (Å²) in [6, 6.07) is 26.7. The molecule has 4 amide bonds. The number of thiazole rings is 2. The van der Waals surface area contributed by atoms with Crippen LogP contribution >= 0.6 is 22.7 Å². The number of hydrogen-bond acceptors (Lipinski definition) is 11. The Morgan fingerprint density at radius 2 is 1.43 bits per heavy atom. The van der Waals surface area contributed by atoms with Gasteiger partial charge in [-0.15, -0.1) is 22.7 Å². The van der Waals surface area contributed by atoms with Gasteiger partial charge in [-0.2, -0.15) is 0 Å². The van der Waals surface area contributed by atoms with Crippen molar-refractivity contribution in [1.29, 1.82) is 0 Å². The number of aromatic nitrogens is 2. The lowest BCUT2D eigenvalue weighted by molar-refractivity contribution is -0.124. The van der Waals surface area contributed by atoms with Gasteiger partial charge in [0, 0.05) is 56.3 Å². The van der Waals surface area contributed by atoms with Crippen LogP contribution in [0.1, 0.15) is 76.1 Å². The van der Waals surface area contributed by atoms with Gasteiger partial charge in [0.2, 0.25) is 5.91 Å². The summed E-state index contributed by atoms with van der Waals surface area (Å²) < 4.78 is 11.1. The third-order valence-corrected chi connectivity index (χ3v) is 12.2. The van der Waals surface area contributed by atoms with E-state index in [1.165, 1.54) is 11.3 Å². The van der Waals surface area contributed by atoms with Gasteiger partial charge in [-0.05, 0) is 55.4 Å². The fourth-order valence-corrected chi connectivity index (χ4v) is 8.16. The molecule has 2 aromatic heterocycles. The maximum absolute atomic E-state index is 14.2. The second-order valence-corrected chi connectivity index (χ2v) is 17.5. The number of ether oxygens (including phenoxy) is 2. The number of carboxylic acids is 1. The molecule has 16 heteroatoms. The van der Waals surface area contributed by atoms with Crippen LogP contribution in [-0.4, -0.2) is 107 Å². The highest BCUT2D eigenvalue weighted by Gasteiger charge is 2.27. The summed E-state index contributed by atoms with van der Waals surface area (Å²) in [7, 11) is 1.72. The first-order valence-corrected chi connectivity index (χ1v) is 23.0. The largest absolute Gasteiger partial charge is 0.478 e. The topological polar surface area (TPSA) is 175 Å². The van der Waals surface area contributed by atoms with E-state index in [0.29, 0.717) is 69.9 Å². The van der Waals surface area contributed by atoms with E-state index in [9.17, 15) is 19.2 Å². The Bertz CT molecular complexity index is 2100. The average Bonchev–Trinajstić information content (AvgIpc) is 4.01. The van der Waals surface area contributed by atoms with Crippen LogP contribution in [0, 0.1) is 0 Å². The fraction of sp³-hybridized carbons (Fsp3) is 0.404. The monoisotopic (exact) mass is 897 g/mol. The van der Waals surface area contributed by atoms with Gasteiger partial charge in [0.05, 0.1) is 46.4 Å². The summed E-state index contributed by atoms with van der Waals surface area (Å²) in [5, 5.41) is 20.8. The van der Waals surface area contributed by atoms with E-state index in [4.69, 9.17) is 14.6 Å². The molecule has 1 fully saturated rings. The molecule has 5 aromatic rings. The highest BCUT2D eigenvalue weighted by molar-refractivity contribution is 7.09. The summed E-state index contributed by atoms with van der Waals surface area (Å²) in [4.78, 5) is 64.4. The minimum Gasteiger partial charge on any atom is -0.478 e. The van der Waals surface area contributed by atoms with Crippen molar-refractivity contribution in [3.05, 3.63) is 140 Å². The van der Waals surface area contributed by atoms with E-state index < -0.39 is 18.1 Å². The molecule has 0 aliphatic carbocycles. The summed E-state index contributed by atoms with van der Waals surface area (Å²) in [5.74, 6) is -0.804. The van der Waals surface area contributed by atoms with Crippen LogP contribution in [0.3, 0.4) is 0 Å². The zero-order valence-corrected chi connectivity index (χ0v) is 37.8. The first kappa shape index (κ1) is 48.4. The zero-order valence-electron chi connectivity index (χ0n) is 36.2. The third kappa shape index (κ3) is 17.5. The summed E-state index contributed by atoms with van der Waals surface area (Å²) in [6.45, 7) is 8.19. The maximum Gasteiger partial charge on any atom is 0.407 e. The maximum atomic E-state index is 14.2. The van der Waals surface area contributed by atoms with Gasteiger partial charge in [-0.25, -0.2) is 19.4 Å². The fourth-order valence-electron chi connectivity index (χ4n) is 6.83. The third-order valence-electron chi connectivity index (χ3n) is 10.3. The van der Waals surface area contributed by atoms with Crippen LogP contribution in [0.4, 0.5) is 9.59 Å². The van der Waals surface area contributed by atoms with Crippen molar-refractivity contribution in [3.63, 3.8) is 0 Å². The second-order valence-electron chi connectivity index (χ2n) is 15.7. The molecule has 0 bridgehead atoms. The van der Waals surface area contributed by atoms with E-state index in [0.717, 1.165) is 39.8 Å². The molecule has 4 N–H and O–H groups in total. The quantitative estimate of drug-likeness (QED) is 0.0617. The number of hydrogen-bond donors (Lipinski definition) is 4. The number of aromatic carboxylic acids is 1. The van der Waals surface area contributed by atoms with Crippen LogP contribution in [-0.2, 0) is 40.3 Å². The van der Waals surface area contributed by atoms with Gasteiger partial charge in [0.1, 0.15) is 12.6 Å². The molecule has 3 unspecified atom stereocenters. The lowest BCUT2D eigenvalue weighted by Gasteiger charge is -2.30. The van der Waals surface area contributed by atoms with E-state index in [-0.39, 0.29) is 30.6 Å². The number of urea groups is 1. The SMILES string of the molecule is CC(C)c1nc(CN(C)C(=O)NC(CCN2CCOCC2)C(=O)NC(CCC(Cc2ccccc2)NC(=O)OCc2cncs2)Cc2ccccc2)cs1.O=C(O)c1ccccc1. The van der Waals surface area contributed by atoms with Crippen molar-refractivity contribution in [2.45, 2.75) is 83.1 Å². The van der Waals surface area contributed by atoms with Gasteiger partial charge >= 0.3 is 18.1 Å². The van der Waals surface area contributed by atoms with Gasteiger partial charge < -0.3 is 35.4 Å². The van der Waals surface area contributed by atoms with Crippen molar-refractivity contribution < 1.29 is 33.8 Å². The Balaban J connectivity index is 0.000000738. The average molecular weight is 898 g/mol. The molecular formula is C47H59N7O7S2. The minimum absolute atomic E-state index is 0.150. The molecule has 0 spiro atoms. The summed E-state index contributed by atoms with van der Waals surface area (Å²) >= 11 is 3.02. The molecule has 63 heavy (non-hydrogen) atoms. The van der Waals surface area contributed by atoms with E-state index in [1.54, 1.807) is 65.3 Å². The number of alkyl carbamates (subject to hydrolysis) is 1. The Labute approximate surface area is 378 Å². The smallest absolute Gasteiger partial charge is 0.407 e. The predicted octanol–water partition coefficient (Wildman–Crippen LogP) is 7.39. The molecule has 3 aromatic carbocycles. The summed E-state index contributed by atoms with van der Waals surface area (Å²) in [6.07, 6.45) is 4.00. The molecule has 1 aliphatic heterocycles. The first-order valence-electron chi connectivity index (χ1n) is 21.3. The molecule has 1 saturated heterocycles. The van der Waals surface area contributed by atoms with Crippen molar-refractivity contribution in [2.75, 3.05) is 39.9 Å². The van der Waals surface area contributed by atoms with Crippen LogP contribution in [0.2, 0.25) is 0 Å².